The third kappa shape index (κ3) is 5.13. The molecule has 21 heavy (non-hydrogen) atoms. The molecule has 3 N–H and O–H groups in total. The van der Waals surface area contributed by atoms with Crippen LogP contribution in [0.3, 0.4) is 0 Å². The zero-order valence-corrected chi connectivity index (χ0v) is 13.9. The van der Waals surface area contributed by atoms with Gasteiger partial charge in [-0.1, -0.05) is 27.7 Å². The van der Waals surface area contributed by atoms with Crippen molar-refractivity contribution in [3.63, 3.8) is 0 Å². The molecule has 0 saturated carbocycles. The van der Waals surface area contributed by atoms with Gasteiger partial charge in [-0.2, -0.15) is 0 Å². The van der Waals surface area contributed by atoms with Gasteiger partial charge in [0.1, 0.15) is 18.2 Å². The van der Waals surface area contributed by atoms with Gasteiger partial charge in [-0.15, -0.1) is 0 Å². The molecular formula is C15H29N5O. The van der Waals surface area contributed by atoms with E-state index in [2.05, 4.69) is 48.0 Å². The van der Waals surface area contributed by atoms with Crippen LogP contribution in [0.4, 0.5) is 11.6 Å². The summed E-state index contributed by atoms with van der Waals surface area (Å²) in [4.78, 5) is 11.3. The van der Waals surface area contributed by atoms with Crippen LogP contribution in [0.15, 0.2) is 6.07 Å². The second-order valence-electron chi connectivity index (χ2n) is 5.62. The highest BCUT2D eigenvalue weighted by molar-refractivity contribution is 5.49. The summed E-state index contributed by atoms with van der Waals surface area (Å²) >= 11 is 0. The van der Waals surface area contributed by atoms with Crippen molar-refractivity contribution in [3.8, 4) is 0 Å². The van der Waals surface area contributed by atoms with E-state index in [1.807, 2.05) is 6.07 Å². The maximum Gasteiger partial charge on any atom is 0.158 e. The van der Waals surface area contributed by atoms with Crippen LogP contribution in [-0.4, -0.2) is 29.7 Å². The van der Waals surface area contributed by atoms with E-state index in [4.69, 9.17) is 10.6 Å². The largest absolute Gasteiger partial charge is 0.377 e. The highest BCUT2D eigenvalue weighted by Gasteiger charge is 2.19. The monoisotopic (exact) mass is 295 g/mol. The van der Waals surface area contributed by atoms with E-state index in [1.165, 1.54) is 0 Å². The first kappa shape index (κ1) is 17.7. The van der Waals surface area contributed by atoms with Crippen LogP contribution in [-0.2, 0) is 11.3 Å². The number of methoxy groups -OCH3 is 1. The molecule has 1 rings (SSSR count). The van der Waals surface area contributed by atoms with Gasteiger partial charge >= 0.3 is 0 Å². The van der Waals surface area contributed by atoms with Crippen molar-refractivity contribution < 1.29 is 4.74 Å². The number of hydrogen-bond donors (Lipinski definition) is 2. The predicted octanol–water partition coefficient (Wildman–Crippen LogP) is 2.56. The van der Waals surface area contributed by atoms with Gasteiger partial charge in [-0.3, -0.25) is 0 Å². The Morgan fingerprint density at radius 1 is 1.29 bits per heavy atom. The Hall–Kier alpha value is -1.40. The molecule has 0 fully saturated rings. The number of nitrogens with one attached hydrogen (secondary N) is 1. The van der Waals surface area contributed by atoms with Gasteiger partial charge in [-0.05, 0) is 18.8 Å². The van der Waals surface area contributed by atoms with Gasteiger partial charge in [0, 0.05) is 25.8 Å². The molecule has 1 aromatic heterocycles. The van der Waals surface area contributed by atoms with E-state index in [1.54, 1.807) is 7.11 Å². The van der Waals surface area contributed by atoms with Crippen molar-refractivity contribution in [3.05, 3.63) is 11.9 Å². The number of anilines is 2. The molecule has 1 aromatic rings. The average molecular weight is 295 g/mol. The normalized spacial score (nSPS) is 11.2. The van der Waals surface area contributed by atoms with Gasteiger partial charge in [0.25, 0.3) is 0 Å². The minimum Gasteiger partial charge on any atom is -0.377 e. The molecule has 0 aliphatic carbocycles. The lowest BCUT2D eigenvalue weighted by atomic mass is 10.1. The molecule has 120 valence electrons. The van der Waals surface area contributed by atoms with E-state index >= 15 is 0 Å². The Morgan fingerprint density at radius 3 is 2.43 bits per heavy atom. The molecule has 6 nitrogen and oxygen atoms in total. The van der Waals surface area contributed by atoms with Crippen LogP contribution >= 0.6 is 0 Å². The highest BCUT2D eigenvalue weighted by Crippen LogP contribution is 2.22. The SMILES string of the molecule is CCC(CC)N(CC(C)C)c1cc(NN)nc(COC)n1. The fourth-order valence-corrected chi connectivity index (χ4v) is 2.45. The molecule has 6 heteroatoms. The topological polar surface area (TPSA) is 76.3 Å². The molecule has 0 bridgehead atoms. The number of nitrogens with zero attached hydrogens (tertiary/aromatic N) is 3. The molecule has 0 unspecified atom stereocenters. The van der Waals surface area contributed by atoms with Gasteiger partial charge < -0.3 is 15.1 Å². The molecule has 0 saturated heterocycles. The summed E-state index contributed by atoms with van der Waals surface area (Å²) in [5.41, 5.74) is 2.62. The molecule has 0 spiro atoms. The van der Waals surface area contributed by atoms with Gasteiger partial charge in [0.05, 0.1) is 0 Å². The lowest BCUT2D eigenvalue weighted by Crippen LogP contribution is -2.38. The van der Waals surface area contributed by atoms with Crippen LogP contribution in [0.2, 0.25) is 0 Å². The summed E-state index contributed by atoms with van der Waals surface area (Å²) < 4.78 is 5.14. The molecule has 1 heterocycles. The molecule has 0 aliphatic heterocycles. The number of hydrogen-bond acceptors (Lipinski definition) is 6. The maximum atomic E-state index is 5.53. The maximum absolute atomic E-state index is 5.53. The van der Waals surface area contributed by atoms with Crippen molar-refractivity contribution in [2.75, 3.05) is 24.0 Å². The number of hydrazine groups is 1. The second-order valence-corrected chi connectivity index (χ2v) is 5.62. The zero-order valence-electron chi connectivity index (χ0n) is 13.9. The van der Waals surface area contributed by atoms with Crippen molar-refractivity contribution >= 4 is 11.6 Å². The van der Waals surface area contributed by atoms with E-state index in [-0.39, 0.29) is 0 Å². The Bertz CT molecular complexity index is 421. The van der Waals surface area contributed by atoms with E-state index in [0.717, 1.165) is 25.2 Å². The van der Waals surface area contributed by atoms with Crippen molar-refractivity contribution in [1.82, 2.24) is 9.97 Å². The fraction of sp³-hybridized carbons (Fsp3) is 0.733. The molecule has 0 aliphatic rings. The number of nitrogens with two attached hydrogens (primary N) is 1. The first-order valence-electron chi connectivity index (χ1n) is 7.65. The molecular weight excluding hydrogens is 266 g/mol. The standard InChI is InChI=1S/C15H29N5O/c1-6-12(7-2)20(9-11(3)4)15-8-13(19-16)17-14(18-15)10-21-5/h8,11-12H,6-7,9-10,16H2,1-5H3,(H,17,18,19). The quantitative estimate of drug-likeness (QED) is 0.538. The Kier molecular flexibility index (Phi) is 7.39. The molecule has 0 amide bonds. The number of nitrogen functional groups attached to an aromatic ring is 1. The van der Waals surface area contributed by atoms with Crippen LogP contribution in [0, 0.1) is 5.92 Å². The van der Waals surface area contributed by atoms with Gasteiger partial charge in [0.15, 0.2) is 5.82 Å². The van der Waals surface area contributed by atoms with Crippen LogP contribution in [0.1, 0.15) is 46.4 Å². The number of rotatable bonds is 9. The summed E-state index contributed by atoms with van der Waals surface area (Å²) in [5.74, 6) is 8.25. The zero-order chi connectivity index (χ0) is 15.8. The average Bonchev–Trinajstić information content (AvgIpc) is 2.47. The fourth-order valence-electron chi connectivity index (χ4n) is 2.45. The van der Waals surface area contributed by atoms with Crippen molar-refractivity contribution in [2.24, 2.45) is 11.8 Å². The van der Waals surface area contributed by atoms with Gasteiger partial charge in [0.2, 0.25) is 0 Å². The smallest absolute Gasteiger partial charge is 0.158 e. The van der Waals surface area contributed by atoms with Crippen molar-refractivity contribution in [1.29, 1.82) is 0 Å². The summed E-state index contributed by atoms with van der Waals surface area (Å²) in [6.45, 7) is 10.2. The minimum atomic E-state index is 0.376. The Morgan fingerprint density at radius 2 is 1.95 bits per heavy atom. The van der Waals surface area contributed by atoms with E-state index in [0.29, 0.717) is 30.2 Å². The van der Waals surface area contributed by atoms with E-state index in [9.17, 15) is 0 Å². The van der Waals surface area contributed by atoms with Crippen LogP contribution in [0.25, 0.3) is 0 Å². The second kappa shape index (κ2) is 8.79. The number of aromatic nitrogens is 2. The van der Waals surface area contributed by atoms with Crippen LogP contribution in [0.5, 0.6) is 0 Å². The third-order valence-electron chi connectivity index (χ3n) is 3.42. The summed E-state index contributed by atoms with van der Waals surface area (Å²) in [7, 11) is 1.64. The Labute approximate surface area is 128 Å². The first-order chi connectivity index (χ1) is 10.0. The Balaban J connectivity index is 3.17. The highest BCUT2D eigenvalue weighted by atomic mass is 16.5. The third-order valence-corrected chi connectivity index (χ3v) is 3.42. The lowest BCUT2D eigenvalue weighted by Gasteiger charge is -2.33. The molecule has 0 radical (unpaired) electrons. The lowest BCUT2D eigenvalue weighted by molar-refractivity contribution is 0.178. The van der Waals surface area contributed by atoms with Crippen LogP contribution < -0.4 is 16.2 Å². The summed E-state index contributed by atoms with van der Waals surface area (Å²) in [6.07, 6.45) is 2.16. The van der Waals surface area contributed by atoms with E-state index < -0.39 is 0 Å². The minimum absolute atomic E-state index is 0.376. The number of ether oxygens (including phenoxy) is 1. The first-order valence-corrected chi connectivity index (χ1v) is 7.65. The predicted molar refractivity (Wildman–Crippen MR) is 87.1 cm³/mol. The van der Waals surface area contributed by atoms with Crippen molar-refractivity contribution in [2.45, 2.75) is 53.2 Å². The summed E-state index contributed by atoms with van der Waals surface area (Å²) in [6, 6.07) is 2.36. The molecule has 0 aromatic carbocycles. The van der Waals surface area contributed by atoms with Gasteiger partial charge in [-0.25, -0.2) is 15.8 Å². The summed E-state index contributed by atoms with van der Waals surface area (Å²) in [5, 5.41) is 0. The molecule has 0 atom stereocenters.